The van der Waals surface area contributed by atoms with Crippen LogP contribution in [0.25, 0.3) is 10.4 Å². The molecule has 0 bridgehead atoms. The smallest absolute Gasteiger partial charge is 0.318 e. The van der Waals surface area contributed by atoms with Crippen molar-refractivity contribution in [2.45, 2.75) is 123 Å². The molecule has 32 heavy (non-hydrogen) atoms. The number of ether oxygens (including phenoxy) is 1. The molecule has 0 fully saturated rings. The number of aldehydes is 1. The summed E-state index contributed by atoms with van der Waals surface area (Å²) in [6.07, 6.45) is 22.6. The average Bonchev–Trinajstić information content (AvgIpc) is 2.77. The van der Waals surface area contributed by atoms with Gasteiger partial charge in [-0.3, -0.25) is 9.59 Å². The van der Waals surface area contributed by atoms with Crippen LogP contribution in [-0.2, 0) is 14.3 Å². The van der Waals surface area contributed by atoms with Gasteiger partial charge in [-0.15, -0.1) is 0 Å². The Labute approximate surface area is 195 Å². The second-order valence-electron chi connectivity index (χ2n) is 8.94. The number of hydrogen-bond donors (Lipinski definition) is 0. The molecule has 6 heteroatoms. The normalized spacial score (nSPS) is 13.8. The summed E-state index contributed by atoms with van der Waals surface area (Å²) in [5.74, 6) is -0.639. The molecule has 2 unspecified atom stereocenters. The zero-order chi connectivity index (χ0) is 24.1. The summed E-state index contributed by atoms with van der Waals surface area (Å²) in [6, 6.07) is 0. The Balaban J connectivity index is 4.69. The molecule has 6 nitrogen and oxygen atoms in total. The molecule has 0 aliphatic rings. The van der Waals surface area contributed by atoms with E-state index < -0.39 is 17.6 Å². The van der Waals surface area contributed by atoms with Crippen molar-refractivity contribution in [2.24, 2.45) is 11.0 Å². The van der Waals surface area contributed by atoms with E-state index in [0.29, 0.717) is 0 Å². The van der Waals surface area contributed by atoms with E-state index in [4.69, 9.17) is 10.3 Å². The van der Waals surface area contributed by atoms with Crippen LogP contribution in [-0.4, -0.2) is 23.9 Å². The van der Waals surface area contributed by atoms with E-state index >= 15 is 0 Å². The van der Waals surface area contributed by atoms with Crippen LogP contribution in [0.2, 0.25) is 0 Å². The molecule has 0 radical (unpaired) electrons. The van der Waals surface area contributed by atoms with Crippen LogP contribution in [0, 0.1) is 5.92 Å². The summed E-state index contributed by atoms with van der Waals surface area (Å²) in [4.78, 5) is 26.9. The van der Waals surface area contributed by atoms with Crippen molar-refractivity contribution in [1.29, 1.82) is 0 Å². The van der Waals surface area contributed by atoms with Crippen LogP contribution in [0.1, 0.15) is 111 Å². The molecule has 0 amide bonds. The highest BCUT2D eigenvalue weighted by Crippen LogP contribution is 2.25. The topological polar surface area (TPSA) is 92.1 Å². The molecule has 0 saturated heterocycles. The van der Waals surface area contributed by atoms with Crippen LogP contribution in [0.3, 0.4) is 0 Å². The average molecular weight is 448 g/mol. The molecule has 0 saturated carbocycles. The predicted molar refractivity (Wildman–Crippen MR) is 132 cm³/mol. The van der Waals surface area contributed by atoms with E-state index in [9.17, 15) is 9.59 Å². The van der Waals surface area contributed by atoms with Gasteiger partial charge in [-0.25, -0.2) is 0 Å². The van der Waals surface area contributed by atoms with Crippen molar-refractivity contribution in [3.05, 3.63) is 34.7 Å². The molecule has 0 N–H and O–H groups in total. The maximum Gasteiger partial charge on any atom is 0.318 e. The highest BCUT2D eigenvalue weighted by molar-refractivity contribution is 5.81. The molecule has 2 atom stereocenters. The van der Waals surface area contributed by atoms with Crippen molar-refractivity contribution in [1.82, 2.24) is 0 Å². The molecule has 0 rings (SSSR count). The fraction of sp³-hybridized carbons (Fsp3) is 0.769. The maximum atomic E-state index is 12.4. The zero-order valence-corrected chi connectivity index (χ0v) is 20.8. The highest BCUT2D eigenvalue weighted by atomic mass is 16.5. The Kier molecular flexibility index (Phi) is 18.3. The number of unbranched alkanes of at least 4 members (excludes halogenated alkanes) is 7. The number of hydrogen-bond acceptors (Lipinski definition) is 4. The zero-order valence-electron chi connectivity index (χ0n) is 20.8. The number of nitrogens with zero attached hydrogens (tertiary/aromatic N) is 3. The van der Waals surface area contributed by atoms with Crippen molar-refractivity contribution in [3.8, 4) is 0 Å². The van der Waals surface area contributed by atoms with Crippen molar-refractivity contribution >= 4 is 12.3 Å². The van der Waals surface area contributed by atoms with Gasteiger partial charge in [0.15, 0.2) is 12.4 Å². The minimum absolute atomic E-state index is 0.00895. The fourth-order valence-corrected chi connectivity index (χ4v) is 3.54. The Morgan fingerprint density at radius 2 is 1.59 bits per heavy atom. The molecular weight excluding hydrogens is 402 g/mol. The summed E-state index contributed by atoms with van der Waals surface area (Å²) in [5, 5.41) is 3.51. The van der Waals surface area contributed by atoms with Gasteiger partial charge in [-0.2, -0.15) is 0 Å². The van der Waals surface area contributed by atoms with Gasteiger partial charge in [-0.1, -0.05) is 88.2 Å². The van der Waals surface area contributed by atoms with Crippen LogP contribution < -0.4 is 0 Å². The van der Waals surface area contributed by atoms with E-state index in [-0.39, 0.29) is 5.92 Å². The second kappa shape index (κ2) is 19.6. The Hall–Kier alpha value is -2.07. The fourth-order valence-electron chi connectivity index (χ4n) is 3.54. The molecule has 0 aliphatic heterocycles. The van der Waals surface area contributed by atoms with Gasteiger partial charge in [0.2, 0.25) is 0 Å². The van der Waals surface area contributed by atoms with Gasteiger partial charge >= 0.3 is 5.97 Å². The third kappa shape index (κ3) is 14.9. The molecule has 0 aromatic carbocycles. The van der Waals surface area contributed by atoms with Crippen LogP contribution >= 0.6 is 0 Å². The number of carbonyl (C=O) groups is 2. The first-order valence-electron chi connectivity index (χ1n) is 12.5. The summed E-state index contributed by atoms with van der Waals surface area (Å²) >= 11 is 0. The van der Waals surface area contributed by atoms with Gasteiger partial charge in [0, 0.05) is 10.8 Å². The number of rotatable bonds is 20. The molecule has 0 aromatic heterocycles. The van der Waals surface area contributed by atoms with E-state index in [0.717, 1.165) is 70.5 Å². The number of carbonyl (C=O) groups excluding carboxylic acids is 2. The Morgan fingerprint density at radius 3 is 2.19 bits per heavy atom. The third-order valence-corrected chi connectivity index (χ3v) is 5.60. The Bertz CT molecular complexity index is 607. The lowest BCUT2D eigenvalue weighted by Crippen LogP contribution is -2.37. The summed E-state index contributed by atoms with van der Waals surface area (Å²) in [5.41, 5.74) is 7.35. The van der Waals surface area contributed by atoms with E-state index in [1.54, 1.807) is 0 Å². The monoisotopic (exact) mass is 447 g/mol. The van der Waals surface area contributed by atoms with Crippen molar-refractivity contribution < 1.29 is 14.3 Å². The molecule has 0 spiro atoms. The minimum Gasteiger partial charge on any atom is -0.454 e. The van der Waals surface area contributed by atoms with E-state index in [1.807, 2.05) is 0 Å². The van der Waals surface area contributed by atoms with Crippen LogP contribution in [0.15, 0.2) is 29.4 Å². The summed E-state index contributed by atoms with van der Waals surface area (Å²) in [6.45, 7) is 7.33. The lowest BCUT2D eigenvalue weighted by Gasteiger charge is -2.26. The van der Waals surface area contributed by atoms with Gasteiger partial charge in [-0.05, 0) is 57.9 Å². The van der Waals surface area contributed by atoms with Gasteiger partial charge < -0.3 is 4.74 Å². The number of esters is 1. The van der Waals surface area contributed by atoms with E-state index in [1.165, 1.54) is 33.1 Å². The van der Waals surface area contributed by atoms with Crippen molar-refractivity contribution in [2.75, 3.05) is 0 Å². The van der Waals surface area contributed by atoms with Gasteiger partial charge in [0.25, 0.3) is 0 Å². The molecular formula is C26H45N3O3. The van der Waals surface area contributed by atoms with E-state index in [2.05, 4.69) is 48.2 Å². The first-order valence-corrected chi connectivity index (χ1v) is 12.5. The molecule has 0 aliphatic carbocycles. The highest BCUT2D eigenvalue weighted by Gasteiger charge is 2.33. The maximum absolute atomic E-state index is 12.4. The minimum atomic E-state index is -1.32. The third-order valence-electron chi connectivity index (χ3n) is 5.60. The lowest BCUT2D eigenvalue weighted by molar-refractivity contribution is -0.159. The first kappa shape index (κ1) is 29.9. The standard InChI is InChI=1S/C26H45N3O3/c1-5-7-9-11-12-13-14-15-17-19-21-23(20-18-16-10-8-6-2)24(22-30)32-25(31)26(3,4)28-29-27/h7,9,12-13,22-24H,5-6,8,10-11,14-21H2,1-4H3. The van der Waals surface area contributed by atoms with Gasteiger partial charge in [0.05, 0.1) is 0 Å². The van der Waals surface area contributed by atoms with Crippen molar-refractivity contribution in [3.63, 3.8) is 0 Å². The number of azide groups is 1. The van der Waals surface area contributed by atoms with Gasteiger partial charge in [0.1, 0.15) is 5.54 Å². The van der Waals surface area contributed by atoms with Crippen LogP contribution in [0.4, 0.5) is 0 Å². The predicted octanol–water partition coefficient (Wildman–Crippen LogP) is 8.03. The van der Waals surface area contributed by atoms with Crippen LogP contribution in [0.5, 0.6) is 0 Å². The summed E-state index contributed by atoms with van der Waals surface area (Å²) < 4.78 is 5.51. The molecule has 182 valence electrons. The quantitative estimate of drug-likeness (QED) is 0.0359. The number of allylic oxidation sites excluding steroid dienone is 4. The first-order chi connectivity index (χ1) is 15.4. The Morgan fingerprint density at radius 1 is 0.969 bits per heavy atom. The largest absolute Gasteiger partial charge is 0.454 e. The lowest BCUT2D eigenvalue weighted by atomic mass is 9.90. The molecule has 0 aromatic rings. The SMILES string of the molecule is CCC=CCC=CCCCCCC(CCCCCCC)C(C=O)OC(=O)C(C)(C)N=[N+]=[N-]. The second-order valence-corrected chi connectivity index (χ2v) is 8.94. The summed E-state index contributed by atoms with van der Waals surface area (Å²) in [7, 11) is 0. The molecule has 0 heterocycles.